The molecular weight excluding hydrogens is 270 g/mol. The smallest absolute Gasteiger partial charge is 0.226 e. The lowest BCUT2D eigenvalue weighted by Gasteiger charge is -2.10. The average Bonchev–Trinajstić information content (AvgIpc) is 3.07. The molecule has 0 unspecified atom stereocenters. The van der Waals surface area contributed by atoms with E-state index in [1.54, 1.807) is 11.3 Å². The monoisotopic (exact) mass is 287 g/mol. The molecule has 0 aromatic carbocycles. The number of hydrogen-bond donors (Lipinski definition) is 1. The minimum Gasteiger partial charge on any atom is -0.354 e. The maximum Gasteiger partial charge on any atom is 0.226 e. The number of thiophene rings is 1. The summed E-state index contributed by atoms with van der Waals surface area (Å²) in [5.74, 6) is 2.63. The first-order valence-corrected chi connectivity index (χ1v) is 7.73. The van der Waals surface area contributed by atoms with Gasteiger partial charge in [-0.15, -0.1) is 11.3 Å². The summed E-state index contributed by atoms with van der Waals surface area (Å²) in [6, 6.07) is 2.07. The molecule has 0 saturated heterocycles. The zero-order valence-corrected chi connectivity index (χ0v) is 12.4. The van der Waals surface area contributed by atoms with Crippen LogP contribution in [-0.2, 0) is 6.42 Å². The van der Waals surface area contributed by atoms with Crippen molar-refractivity contribution in [3.63, 3.8) is 0 Å². The number of nitrogens with one attached hydrogen (secondary N) is 1. The number of nitrogens with zero attached hydrogens (tertiary/aromatic N) is 4. The standard InChI is InChI=1S/C14H17N5S/c1-3-5-11-16-7-8-19(11)12-10-6-9-20-13(10)18-14(17-12)15-4-2/h6-9H,3-5H2,1-2H3,(H,15,17,18). The number of imidazole rings is 1. The molecule has 0 bridgehead atoms. The van der Waals surface area contributed by atoms with Crippen LogP contribution in [0.2, 0.25) is 0 Å². The zero-order chi connectivity index (χ0) is 13.9. The van der Waals surface area contributed by atoms with Gasteiger partial charge in [-0.25, -0.2) is 9.97 Å². The van der Waals surface area contributed by atoms with E-state index in [-0.39, 0.29) is 0 Å². The summed E-state index contributed by atoms with van der Waals surface area (Å²) in [5, 5.41) is 6.32. The van der Waals surface area contributed by atoms with Gasteiger partial charge < -0.3 is 5.32 Å². The predicted octanol–water partition coefficient (Wildman–Crippen LogP) is 3.26. The van der Waals surface area contributed by atoms with Crippen LogP contribution in [0.15, 0.2) is 23.8 Å². The number of fused-ring (bicyclic) bond motifs is 1. The van der Waals surface area contributed by atoms with Gasteiger partial charge in [-0.05, 0) is 24.8 Å². The Bertz CT molecular complexity index is 715. The Kier molecular flexibility index (Phi) is 3.64. The summed E-state index contributed by atoms with van der Waals surface area (Å²) < 4.78 is 2.07. The SMILES string of the molecule is CCCc1nccn1-c1nc(NCC)nc2sccc12. The van der Waals surface area contributed by atoms with Gasteiger partial charge in [0.15, 0.2) is 5.82 Å². The fourth-order valence-corrected chi connectivity index (χ4v) is 2.95. The van der Waals surface area contributed by atoms with Crippen molar-refractivity contribution in [3.8, 4) is 5.82 Å². The van der Waals surface area contributed by atoms with Crippen molar-refractivity contribution in [3.05, 3.63) is 29.7 Å². The Hall–Kier alpha value is -1.95. The molecule has 0 fully saturated rings. The summed E-state index contributed by atoms with van der Waals surface area (Å²) in [6.45, 7) is 5.01. The van der Waals surface area contributed by atoms with Gasteiger partial charge in [-0.1, -0.05) is 6.92 Å². The molecule has 5 nitrogen and oxygen atoms in total. The van der Waals surface area contributed by atoms with Crippen molar-refractivity contribution in [2.45, 2.75) is 26.7 Å². The molecule has 3 heterocycles. The number of hydrogen-bond acceptors (Lipinski definition) is 5. The van der Waals surface area contributed by atoms with Crippen LogP contribution in [0.4, 0.5) is 5.95 Å². The Morgan fingerprint density at radius 2 is 2.20 bits per heavy atom. The fraction of sp³-hybridized carbons (Fsp3) is 0.357. The molecular formula is C14H17N5S. The maximum absolute atomic E-state index is 4.66. The highest BCUT2D eigenvalue weighted by Crippen LogP contribution is 2.26. The molecule has 3 aromatic heterocycles. The number of rotatable bonds is 5. The van der Waals surface area contributed by atoms with E-state index in [0.29, 0.717) is 5.95 Å². The lowest BCUT2D eigenvalue weighted by Crippen LogP contribution is -2.08. The van der Waals surface area contributed by atoms with Crippen molar-refractivity contribution in [2.75, 3.05) is 11.9 Å². The van der Waals surface area contributed by atoms with E-state index in [2.05, 4.69) is 43.2 Å². The van der Waals surface area contributed by atoms with E-state index in [4.69, 9.17) is 0 Å². The second-order valence-electron chi connectivity index (χ2n) is 4.50. The molecule has 0 radical (unpaired) electrons. The Morgan fingerprint density at radius 1 is 1.30 bits per heavy atom. The van der Waals surface area contributed by atoms with Crippen molar-refractivity contribution in [1.82, 2.24) is 19.5 Å². The quantitative estimate of drug-likeness (QED) is 0.782. The zero-order valence-electron chi connectivity index (χ0n) is 11.6. The molecule has 20 heavy (non-hydrogen) atoms. The molecule has 0 aliphatic heterocycles. The van der Waals surface area contributed by atoms with Crippen LogP contribution in [0, 0.1) is 0 Å². The maximum atomic E-state index is 4.66. The van der Waals surface area contributed by atoms with Gasteiger partial charge in [0.05, 0.1) is 5.39 Å². The van der Waals surface area contributed by atoms with E-state index >= 15 is 0 Å². The van der Waals surface area contributed by atoms with Crippen LogP contribution in [0.1, 0.15) is 26.1 Å². The van der Waals surface area contributed by atoms with Gasteiger partial charge in [-0.3, -0.25) is 4.57 Å². The lowest BCUT2D eigenvalue weighted by atomic mass is 10.3. The highest BCUT2D eigenvalue weighted by atomic mass is 32.1. The van der Waals surface area contributed by atoms with Gasteiger partial charge in [0.2, 0.25) is 5.95 Å². The molecule has 0 aliphatic rings. The molecule has 104 valence electrons. The Labute approximate surface area is 121 Å². The molecule has 1 N–H and O–H groups in total. The number of anilines is 1. The van der Waals surface area contributed by atoms with Crippen molar-refractivity contribution >= 4 is 27.5 Å². The average molecular weight is 287 g/mol. The summed E-state index contributed by atoms with van der Waals surface area (Å²) in [4.78, 5) is 14.6. The minimum absolute atomic E-state index is 0.675. The highest BCUT2D eigenvalue weighted by Gasteiger charge is 2.13. The van der Waals surface area contributed by atoms with E-state index in [9.17, 15) is 0 Å². The molecule has 0 aliphatic carbocycles. The Morgan fingerprint density at radius 3 is 3.00 bits per heavy atom. The van der Waals surface area contributed by atoms with Gasteiger partial charge in [0.25, 0.3) is 0 Å². The highest BCUT2D eigenvalue weighted by molar-refractivity contribution is 7.16. The minimum atomic E-state index is 0.675. The van der Waals surface area contributed by atoms with Crippen LogP contribution >= 0.6 is 11.3 Å². The third kappa shape index (κ3) is 2.27. The van der Waals surface area contributed by atoms with E-state index < -0.39 is 0 Å². The van der Waals surface area contributed by atoms with Crippen LogP contribution in [0.25, 0.3) is 16.0 Å². The molecule has 0 spiro atoms. The second-order valence-corrected chi connectivity index (χ2v) is 5.40. The van der Waals surface area contributed by atoms with Gasteiger partial charge >= 0.3 is 0 Å². The number of aryl methyl sites for hydroxylation is 1. The first-order chi connectivity index (χ1) is 9.83. The summed E-state index contributed by atoms with van der Waals surface area (Å²) >= 11 is 1.63. The van der Waals surface area contributed by atoms with Crippen LogP contribution in [0.3, 0.4) is 0 Å². The largest absolute Gasteiger partial charge is 0.354 e. The summed E-state index contributed by atoms with van der Waals surface area (Å²) in [6.07, 6.45) is 5.81. The molecule has 0 amide bonds. The van der Waals surface area contributed by atoms with Crippen molar-refractivity contribution in [2.24, 2.45) is 0 Å². The van der Waals surface area contributed by atoms with Crippen molar-refractivity contribution < 1.29 is 0 Å². The van der Waals surface area contributed by atoms with E-state index in [1.807, 2.05) is 19.3 Å². The van der Waals surface area contributed by atoms with Crippen LogP contribution < -0.4 is 5.32 Å². The summed E-state index contributed by atoms with van der Waals surface area (Å²) in [7, 11) is 0. The fourth-order valence-electron chi connectivity index (χ4n) is 2.20. The molecule has 3 rings (SSSR count). The van der Waals surface area contributed by atoms with Gasteiger partial charge in [0.1, 0.15) is 10.7 Å². The molecule has 0 atom stereocenters. The third-order valence-electron chi connectivity index (χ3n) is 3.06. The molecule has 6 heteroatoms. The van der Waals surface area contributed by atoms with Crippen LogP contribution in [0.5, 0.6) is 0 Å². The number of aromatic nitrogens is 4. The topological polar surface area (TPSA) is 55.6 Å². The molecule has 3 aromatic rings. The van der Waals surface area contributed by atoms with Gasteiger partial charge in [0, 0.05) is 25.4 Å². The van der Waals surface area contributed by atoms with E-state index in [0.717, 1.165) is 41.2 Å². The van der Waals surface area contributed by atoms with Crippen LogP contribution in [-0.4, -0.2) is 26.1 Å². The second kappa shape index (κ2) is 5.58. The van der Waals surface area contributed by atoms with E-state index in [1.165, 1.54) is 0 Å². The lowest BCUT2D eigenvalue weighted by molar-refractivity contribution is 0.800. The predicted molar refractivity (Wildman–Crippen MR) is 82.7 cm³/mol. The van der Waals surface area contributed by atoms with Crippen molar-refractivity contribution in [1.29, 1.82) is 0 Å². The normalized spacial score (nSPS) is 11.1. The Balaban J connectivity index is 2.17. The van der Waals surface area contributed by atoms with Gasteiger partial charge in [-0.2, -0.15) is 4.98 Å². The third-order valence-corrected chi connectivity index (χ3v) is 3.87. The summed E-state index contributed by atoms with van der Waals surface area (Å²) in [5.41, 5.74) is 0. The first-order valence-electron chi connectivity index (χ1n) is 6.85. The molecule has 0 saturated carbocycles. The first kappa shape index (κ1) is 13.1.